The summed E-state index contributed by atoms with van der Waals surface area (Å²) in [7, 11) is 0. The molecule has 2 saturated heterocycles. The molecule has 2 aliphatic heterocycles. The molecular weight excluding hydrogens is 386 g/mol. The van der Waals surface area contributed by atoms with Crippen LogP contribution < -0.4 is 5.32 Å². The number of anilines is 1. The quantitative estimate of drug-likeness (QED) is 0.657. The van der Waals surface area contributed by atoms with Gasteiger partial charge in [-0.1, -0.05) is 0 Å². The van der Waals surface area contributed by atoms with E-state index in [1.807, 2.05) is 17.8 Å². The molecule has 1 N–H and O–H groups in total. The molecule has 0 bridgehead atoms. The third kappa shape index (κ3) is 3.51. The van der Waals surface area contributed by atoms with Crippen molar-refractivity contribution < 1.29 is 13.9 Å². The van der Waals surface area contributed by atoms with E-state index in [4.69, 9.17) is 9.15 Å². The normalized spacial score (nSPS) is 17.9. The Morgan fingerprint density at radius 2 is 2.10 bits per heavy atom. The van der Waals surface area contributed by atoms with E-state index in [9.17, 15) is 4.79 Å². The first-order valence-electron chi connectivity index (χ1n) is 10.5. The Morgan fingerprint density at radius 3 is 2.87 bits per heavy atom. The number of hydrogen-bond donors (Lipinski definition) is 1. The molecule has 0 aromatic carbocycles. The van der Waals surface area contributed by atoms with Gasteiger partial charge < -0.3 is 19.4 Å². The number of ether oxygens (including phenoxy) is 1. The number of hydrogen-bond acceptors (Lipinski definition) is 8. The number of nitrogens with one attached hydrogen (secondary N) is 1. The maximum absolute atomic E-state index is 11.9. The second kappa shape index (κ2) is 8.02. The smallest absolute Gasteiger partial charge is 0.251 e. The number of carbonyl (C=O) groups is 1. The lowest BCUT2D eigenvalue weighted by molar-refractivity contribution is -0.128. The van der Waals surface area contributed by atoms with Crippen molar-refractivity contribution in [2.45, 2.75) is 51.7 Å². The van der Waals surface area contributed by atoms with Gasteiger partial charge in [-0.05, 0) is 26.2 Å². The van der Waals surface area contributed by atoms with Crippen molar-refractivity contribution in [1.29, 1.82) is 0 Å². The summed E-state index contributed by atoms with van der Waals surface area (Å²) in [6.45, 7) is 5.33. The van der Waals surface area contributed by atoms with Crippen molar-refractivity contribution in [2.24, 2.45) is 0 Å². The molecule has 0 radical (unpaired) electrons. The minimum absolute atomic E-state index is 0.131. The predicted molar refractivity (Wildman–Crippen MR) is 109 cm³/mol. The molecule has 0 saturated carbocycles. The van der Waals surface area contributed by atoms with Crippen LogP contribution in [0.5, 0.6) is 0 Å². The highest BCUT2D eigenvalue weighted by Crippen LogP contribution is 2.34. The van der Waals surface area contributed by atoms with Crippen LogP contribution in [0.25, 0.3) is 22.5 Å². The van der Waals surface area contributed by atoms with Gasteiger partial charge in [0.25, 0.3) is 5.89 Å². The van der Waals surface area contributed by atoms with Crippen molar-refractivity contribution in [3.63, 3.8) is 0 Å². The summed E-state index contributed by atoms with van der Waals surface area (Å²) in [5, 5.41) is 17.5. The van der Waals surface area contributed by atoms with Crippen molar-refractivity contribution in [3.8, 4) is 11.5 Å². The van der Waals surface area contributed by atoms with E-state index in [-0.39, 0.29) is 11.9 Å². The number of fused-ring (bicyclic) bond motifs is 1. The second-order valence-electron chi connectivity index (χ2n) is 7.70. The number of nitrogens with zero attached hydrogens (tertiary/aromatic N) is 6. The first-order valence-corrected chi connectivity index (χ1v) is 10.5. The van der Waals surface area contributed by atoms with Crippen LogP contribution in [-0.2, 0) is 22.6 Å². The topological polar surface area (TPSA) is 111 Å². The summed E-state index contributed by atoms with van der Waals surface area (Å²) < 4.78 is 13.3. The number of likely N-dealkylation sites (tertiary alicyclic amines) is 1. The van der Waals surface area contributed by atoms with Gasteiger partial charge in [-0.3, -0.25) is 4.79 Å². The lowest BCUT2D eigenvalue weighted by Crippen LogP contribution is -2.28. The highest BCUT2D eigenvalue weighted by molar-refractivity contribution is 5.96. The molecule has 30 heavy (non-hydrogen) atoms. The maximum Gasteiger partial charge on any atom is 0.251 e. The lowest BCUT2D eigenvalue weighted by Gasteiger charge is -2.25. The molecule has 5 rings (SSSR count). The summed E-state index contributed by atoms with van der Waals surface area (Å²) in [5.41, 5.74) is 2.47. The largest absolute Gasteiger partial charge is 0.419 e. The molecule has 0 aliphatic carbocycles. The van der Waals surface area contributed by atoms with Gasteiger partial charge >= 0.3 is 0 Å². The summed E-state index contributed by atoms with van der Waals surface area (Å²) >= 11 is 0. The first kappa shape index (κ1) is 19.0. The minimum Gasteiger partial charge on any atom is -0.419 e. The van der Waals surface area contributed by atoms with E-state index in [0.717, 1.165) is 67.8 Å². The average Bonchev–Trinajstić information content (AvgIpc) is 3.50. The number of aryl methyl sites for hydroxylation is 1. The Morgan fingerprint density at radius 1 is 1.23 bits per heavy atom. The van der Waals surface area contributed by atoms with Crippen molar-refractivity contribution in [2.75, 3.05) is 25.1 Å². The van der Waals surface area contributed by atoms with Crippen molar-refractivity contribution in [1.82, 2.24) is 29.9 Å². The number of rotatable bonds is 6. The highest BCUT2D eigenvalue weighted by Gasteiger charge is 2.25. The van der Waals surface area contributed by atoms with Crippen molar-refractivity contribution >= 4 is 22.6 Å². The monoisotopic (exact) mass is 411 g/mol. The van der Waals surface area contributed by atoms with E-state index >= 15 is 0 Å². The molecule has 0 spiro atoms. The van der Waals surface area contributed by atoms with Gasteiger partial charge in [0, 0.05) is 45.0 Å². The van der Waals surface area contributed by atoms with Gasteiger partial charge in [0.05, 0.1) is 29.4 Å². The maximum atomic E-state index is 11.9. The van der Waals surface area contributed by atoms with Crippen LogP contribution in [0.2, 0.25) is 0 Å². The fourth-order valence-electron chi connectivity index (χ4n) is 4.08. The molecule has 158 valence electrons. The van der Waals surface area contributed by atoms with Crippen LogP contribution in [0.1, 0.15) is 38.5 Å². The molecule has 1 amide bonds. The molecule has 10 nitrogen and oxygen atoms in total. The zero-order valence-electron chi connectivity index (χ0n) is 17.0. The van der Waals surface area contributed by atoms with Crippen molar-refractivity contribution in [3.05, 3.63) is 18.3 Å². The molecule has 10 heteroatoms. The van der Waals surface area contributed by atoms with E-state index in [1.165, 1.54) is 0 Å². The second-order valence-corrected chi connectivity index (χ2v) is 7.70. The Kier molecular flexibility index (Phi) is 5.07. The Balaban J connectivity index is 1.50. The van der Waals surface area contributed by atoms with Gasteiger partial charge in [0.15, 0.2) is 5.65 Å². The van der Waals surface area contributed by atoms with Crippen LogP contribution in [0, 0.1) is 0 Å². The number of pyridine rings is 1. The zero-order chi connectivity index (χ0) is 20.5. The lowest BCUT2D eigenvalue weighted by atomic mass is 10.1. The predicted octanol–water partition coefficient (Wildman–Crippen LogP) is 2.21. The minimum atomic E-state index is 0.131. The van der Waals surface area contributed by atoms with Gasteiger partial charge in [0.2, 0.25) is 11.8 Å². The standard InChI is InChI=1S/C20H25N7O3/c1-2-27-19-14(11-22-27)18(23-13-5-8-29-9-6-13)15(10-21-19)20-25-24-16(30-20)12-26-7-3-4-17(26)28/h10-11,13H,2-9,12H2,1H3,(H,21,23). The van der Waals surface area contributed by atoms with Crippen LogP contribution in [0.4, 0.5) is 5.69 Å². The molecule has 5 heterocycles. The third-order valence-corrected chi connectivity index (χ3v) is 5.73. The SMILES string of the molecule is CCn1ncc2c(NC3CCOCC3)c(-c3nnc(CN4CCCC4=O)o3)cnc21. The summed E-state index contributed by atoms with van der Waals surface area (Å²) in [6.07, 6.45) is 6.91. The fraction of sp³-hybridized carbons (Fsp3) is 0.550. The Labute approximate surface area is 173 Å². The van der Waals surface area contributed by atoms with E-state index in [2.05, 4.69) is 25.6 Å². The summed E-state index contributed by atoms with van der Waals surface area (Å²) in [4.78, 5) is 18.3. The zero-order valence-corrected chi connectivity index (χ0v) is 17.0. The molecule has 2 fully saturated rings. The average molecular weight is 411 g/mol. The van der Waals surface area contributed by atoms with Crippen LogP contribution in [0.15, 0.2) is 16.8 Å². The van der Waals surface area contributed by atoms with Gasteiger partial charge in [-0.25, -0.2) is 9.67 Å². The molecular formula is C20H25N7O3. The summed E-state index contributed by atoms with van der Waals surface area (Å²) in [6, 6.07) is 0.290. The molecule has 0 atom stereocenters. The van der Waals surface area contributed by atoms with Crippen LogP contribution in [0.3, 0.4) is 0 Å². The van der Waals surface area contributed by atoms with Gasteiger partial charge in [0.1, 0.15) is 0 Å². The number of carbonyl (C=O) groups excluding carboxylic acids is 1. The molecule has 0 unspecified atom stereocenters. The Bertz CT molecular complexity index is 1050. The third-order valence-electron chi connectivity index (χ3n) is 5.73. The highest BCUT2D eigenvalue weighted by atomic mass is 16.5. The van der Waals surface area contributed by atoms with E-state index in [1.54, 1.807) is 11.1 Å². The van der Waals surface area contributed by atoms with Crippen LogP contribution >= 0.6 is 0 Å². The Hall–Kier alpha value is -3.01. The van der Waals surface area contributed by atoms with E-state index < -0.39 is 0 Å². The van der Waals surface area contributed by atoms with Gasteiger partial charge in [-0.2, -0.15) is 5.10 Å². The van der Waals surface area contributed by atoms with Gasteiger partial charge in [-0.15, -0.1) is 10.2 Å². The number of aromatic nitrogens is 5. The summed E-state index contributed by atoms with van der Waals surface area (Å²) in [5.74, 6) is 0.957. The molecule has 3 aromatic heterocycles. The molecule has 2 aliphatic rings. The fourth-order valence-corrected chi connectivity index (χ4v) is 4.08. The number of amides is 1. The first-order chi connectivity index (χ1) is 14.7. The molecule has 3 aromatic rings. The van der Waals surface area contributed by atoms with E-state index in [0.29, 0.717) is 24.7 Å². The van der Waals surface area contributed by atoms with Crippen LogP contribution in [-0.4, -0.2) is 61.6 Å².